The normalized spacial score (nSPS) is 10.2. The number of carbonyl (C=O) groups is 1. The minimum atomic E-state index is -0.200. The van der Waals surface area contributed by atoms with Gasteiger partial charge in [0, 0.05) is 17.1 Å². The van der Waals surface area contributed by atoms with Crippen LogP contribution in [0, 0.1) is 0 Å². The molecule has 2 aromatic carbocycles. The zero-order chi connectivity index (χ0) is 17.3. The van der Waals surface area contributed by atoms with Crippen LogP contribution >= 0.6 is 11.3 Å². The van der Waals surface area contributed by atoms with Crippen molar-refractivity contribution < 1.29 is 9.53 Å². The Kier molecular flexibility index (Phi) is 6.06. The maximum atomic E-state index is 11.9. The standard InChI is InChI=1S/C20H20N2O2S/c23-20(21-13-12-19-7-4-14-25-19)22-17-8-10-18(11-9-17)24-15-16-5-2-1-3-6-16/h1-11,14H,12-13,15H2,(H2,21,22,23). The highest BCUT2D eigenvalue weighted by Crippen LogP contribution is 2.17. The van der Waals surface area contributed by atoms with Crippen LogP contribution in [0.3, 0.4) is 0 Å². The number of nitrogens with one attached hydrogen (secondary N) is 2. The first-order chi connectivity index (χ1) is 12.3. The van der Waals surface area contributed by atoms with E-state index in [2.05, 4.69) is 16.7 Å². The lowest BCUT2D eigenvalue weighted by atomic mass is 10.2. The first-order valence-electron chi connectivity index (χ1n) is 8.13. The highest BCUT2D eigenvalue weighted by molar-refractivity contribution is 7.09. The lowest BCUT2D eigenvalue weighted by Crippen LogP contribution is -2.30. The molecule has 128 valence electrons. The van der Waals surface area contributed by atoms with Gasteiger partial charge in [-0.2, -0.15) is 0 Å². The summed E-state index contributed by atoms with van der Waals surface area (Å²) in [6.45, 7) is 1.14. The molecule has 0 fully saturated rings. The molecule has 25 heavy (non-hydrogen) atoms. The largest absolute Gasteiger partial charge is 0.489 e. The molecule has 4 nitrogen and oxygen atoms in total. The van der Waals surface area contributed by atoms with E-state index in [1.807, 2.05) is 66.0 Å². The molecule has 0 bridgehead atoms. The van der Waals surface area contributed by atoms with Crippen LogP contribution in [0.25, 0.3) is 0 Å². The molecule has 2 amide bonds. The summed E-state index contributed by atoms with van der Waals surface area (Å²) in [7, 11) is 0. The van der Waals surface area contributed by atoms with Crippen molar-refractivity contribution in [3.63, 3.8) is 0 Å². The number of hydrogen-bond acceptors (Lipinski definition) is 3. The summed E-state index contributed by atoms with van der Waals surface area (Å²) in [5.74, 6) is 0.771. The molecule has 3 aromatic rings. The van der Waals surface area contributed by atoms with Crippen molar-refractivity contribution in [3.8, 4) is 5.75 Å². The van der Waals surface area contributed by atoms with Gasteiger partial charge in [0.1, 0.15) is 12.4 Å². The van der Waals surface area contributed by atoms with Gasteiger partial charge in [-0.05, 0) is 47.7 Å². The molecule has 0 atom stereocenters. The van der Waals surface area contributed by atoms with Crippen molar-refractivity contribution in [2.24, 2.45) is 0 Å². The molecular formula is C20H20N2O2S. The minimum absolute atomic E-state index is 0.200. The number of carbonyl (C=O) groups excluding carboxylic acids is 1. The van der Waals surface area contributed by atoms with Gasteiger partial charge in [-0.25, -0.2) is 4.79 Å². The second-order valence-electron chi connectivity index (χ2n) is 5.51. The van der Waals surface area contributed by atoms with Crippen LogP contribution in [0.15, 0.2) is 72.1 Å². The predicted octanol–water partition coefficient (Wildman–Crippen LogP) is 4.69. The fraction of sp³-hybridized carbons (Fsp3) is 0.150. The lowest BCUT2D eigenvalue weighted by Gasteiger charge is -2.09. The second-order valence-corrected chi connectivity index (χ2v) is 6.54. The second kappa shape index (κ2) is 8.89. The van der Waals surface area contributed by atoms with Gasteiger partial charge in [0.15, 0.2) is 0 Å². The van der Waals surface area contributed by atoms with Crippen molar-refractivity contribution >= 4 is 23.1 Å². The van der Waals surface area contributed by atoms with Crippen LogP contribution in [0.5, 0.6) is 5.75 Å². The maximum Gasteiger partial charge on any atom is 0.319 e. The van der Waals surface area contributed by atoms with E-state index in [1.54, 1.807) is 11.3 Å². The zero-order valence-corrected chi connectivity index (χ0v) is 14.6. The minimum Gasteiger partial charge on any atom is -0.489 e. The van der Waals surface area contributed by atoms with Gasteiger partial charge in [0.2, 0.25) is 0 Å². The molecule has 5 heteroatoms. The molecule has 0 saturated heterocycles. The summed E-state index contributed by atoms with van der Waals surface area (Å²) in [6.07, 6.45) is 0.845. The number of amides is 2. The van der Waals surface area contributed by atoms with Gasteiger partial charge in [-0.15, -0.1) is 11.3 Å². The van der Waals surface area contributed by atoms with Crippen molar-refractivity contribution in [1.82, 2.24) is 5.32 Å². The van der Waals surface area contributed by atoms with E-state index in [4.69, 9.17) is 4.74 Å². The molecule has 0 radical (unpaired) electrons. The third-order valence-electron chi connectivity index (χ3n) is 3.60. The zero-order valence-electron chi connectivity index (χ0n) is 13.8. The van der Waals surface area contributed by atoms with Gasteiger partial charge in [0.25, 0.3) is 0 Å². The Labute approximate surface area is 151 Å². The van der Waals surface area contributed by atoms with Gasteiger partial charge in [-0.3, -0.25) is 0 Å². The molecule has 2 N–H and O–H groups in total. The van der Waals surface area contributed by atoms with E-state index in [0.29, 0.717) is 13.2 Å². The average Bonchev–Trinajstić information content (AvgIpc) is 3.15. The fourth-order valence-electron chi connectivity index (χ4n) is 2.30. The fourth-order valence-corrected chi connectivity index (χ4v) is 3.01. The predicted molar refractivity (Wildman–Crippen MR) is 102 cm³/mol. The van der Waals surface area contributed by atoms with Crippen LogP contribution in [0.4, 0.5) is 10.5 Å². The highest BCUT2D eigenvalue weighted by Gasteiger charge is 2.02. The highest BCUT2D eigenvalue weighted by atomic mass is 32.1. The number of benzene rings is 2. The quantitative estimate of drug-likeness (QED) is 0.648. The Morgan fingerprint density at radius 3 is 2.48 bits per heavy atom. The Bertz CT molecular complexity index is 771. The third kappa shape index (κ3) is 5.65. The summed E-state index contributed by atoms with van der Waals surface area (Å²) in [6, 6.07) is 21.3. The van der Waals surface area contributed by atoms with Crippen LogP contribution in [-0.4, -0.2) is 12.6 Å². The van der Waals surface area contributed by atoms with E-state index in [-0.39, 0.29) is 6.03 Å². The van der Waals surface area contributed by atoms with E-state index < -0.39 is 0 Å². The number of rotatable bonds is 7. The van der Waals surface area contributed by atoms with Crippen molar-refractivity contribution in [3.05, 3.63) is 82.6 Å². The molecule has 3 rings (SSSR count). The third-order valence-corrected chi connectivity index (χ3v) is 4.53. The van der Waals surface area contributed by atoms with E-state index in [9.17, 15) is 4.79 Å². The van der Waals surface area contributed by atoms with E-state index in [0.717, 1.165) is 23.4 Å². The first-order valence-corrected chi connectivity index (χ1v) is 9.01. The van der Waals surface area contributed by atoms with Crippen LogP contribution < -0.4 is 15.4 Å². The topological polar surface area (TPSA) is 50.4 Å². The van der Waals surface area contributed by atoms with Gasteiger partial charge < -0.3 is 15.4 Å². The van der Waals surface area contributed by atoms with E-state index >= 15 is 0 Å². The Morgan fingerprint density at radius 2 is 1.76 bits per heavy atom. The maximum absolute atomic E-state index is 11.9. The summed E-state index contributed by atoms with van der Waals surface area (Å²) in [5.41, 5.74) is 1.86. The summed E-state index contributed by atoms with van der Waals surface area (Å²) in [5, 5.41) is 7.72. The lowest BCUT2D eigenvalue weighted by molar-refractivity contribution is 0.252. The Hall–Kier alpha value is -2.79. The molecule has 0 aliphatic heterocycles. The monoisotopic (exact) mass is 352 g/mol. The first kappa shape index (κ1) is 17.0. The summed E-state index contributed by atoms with van der Waals surface area (Å²) < 4.78 is 5.73. The molecule has 0 saturated carbocycles. The Balaban J connectivity index is 1.41. The van der Waals surface area contributed by atoms with Crippen LogP contribution in [0.1, 0.15) is 10.4 Å². The van der Waals surface area contributed by atoms with Crippen molar-refractivity contribution in [2.45, 2.75) is 13.0 Å². The number of ether oxygens (including phenoxy) is 1. The Morgan fingerprint density at radius 1 is 0.960 bits per heavy atom. The molecule has 1 aromatic heterocycles. The van der Waals surface area contributed by atoms with E-state index in [1.165, 1.54) is 4.88 Å². The van der Waals surface area contributed by atoms with Crippen LogP contribution in [0.2, 0.25) is 0 Å². The van der Waals surface area contributed by atoms with Gasteiger partial charge in [0.05, 0.1) is 0 Å². The molecule has 0 aliphatic carbocycles. The summed E-state index contributed by atoms with van der Waals surface area (Å²) in [4.78, 5) is 13.2. The van der Waals surface area contributed by atoms with Gasteiger partial charge in [-0.1, -0.05) is 36.4 Å². The number of thiophene rings is 1. The van der Waals surface area contributed by atoms with Gasteiger partial charge >= 0.3 is 6.03 Å². The molecular weight excluding hydrogens is 332 g/mol. The van der Waals surface area contributed by atoms with Crippen LogP contribution in [-0.2, 0) is 13.0 Å². The average molecular weight is 352 g/mol. The number of urea groups is 1. The van der Waals surface area contributed by atoms with Crippen molar-refractivity contribution in [1.29, 1.82) is 0 Å². The molecule has 0 unspecified atom stereocenters. The molecule has 1 heterocycles. The number of hydrogen-bond donors (Lipinski definition) is 2. The SMILES string of the molecule is O=C(NCCc1cccs1)Nc1ccc(OCc2ccccc2)cc1. The number of anilines is 1. The summed E-state index contributed by atoms with van der Waals surface area (Å²) >= 11 is 1.70. The molecule has 0 spiro atoms. The smallest absolute Gasteiger partial charge is 0.319 e. The molecule has 0 aliphatic rings. The van der Waals surface area contributed by atoms with Crippen molar-refractivity contribution in [2.75, 3.05) is 11.9 Å².